The van der Waals surface area contributed by atoms with Crippen molar-refractivity contribution < 1.29 is 9.47 Å². The van der Waals surface area contributed by atoms with Crippen LogP contribution in [0, 0.1) is 6.92 Å². The molecule has 0 unspecified atom stereocenters. The zero-order chi connectivity index (χ0) is 21.1. The van der Waals surface area contributed by atoms with E-state index in [-0.39, 0.29) is 0 Å². The fourth-order valence-corrected chi connectivity index (χ4v) is 4.82. The van der Waals surface area contributed by atoms with Crippen molar-refractivity contribution in [1.29, 1.82) is 0 Å². The molecule has 0 saturated carbocycles. The van der Waals surface area contributed by atoms with Gasteiger partial charge >= 0.3 is 0 Å². The highest BCUT2D eigenvalue weighted by Gasteiger charge is 2.19. The van der Waals surface area contributed by atoms with E-state index in [0.717, 1.165) is 44.6 Å². The Balaban J connectivity index is 1.81. The Hall–Kier alpha value is -3.92. The fraction of sp³-hybridized carbons (Fsp3) is 0.111. The molecule has 0 aliphatic carbocycles. The van der Waals surface area contributed by atoms with Crippen LogP contribution in [-0.4, -0.2) is 23.8 Å². The van der Waals surface area contributed by atoms with Crippen molar-refractivity contribution in [2.24, 2.45) is 0 Å². The first-order valence-corrected chi connectivity index (χ1v) is 10.4. The number of hydrogen-bond acceptors (Lipinski definition) is 2. The lowest BCUT2D eigenvalue weighted by atomic mass is 10.1. The van der Waals surface area contributed by atoms with Crippen LogP contribution in [0.2, 0.25) is 0 Å². The summed E-state index contributed by atoms with van der Waals surface area (Å²) in [5, 5.41) is 4.71. The SMILES string of the molecule is COc1cc(-n2c3ccccc3c3cc(C)cc(OC)c32)cc2c1[nH]c1ccccc12. The monoisotopic (exact) mass is 406 g/mol. The van der Waals surface area contributed by atoms with E-state index in [1.54, 1.807) is 14.2 Å². The summed E-state index contributed by atoms with van der Waals surface area (Å²) in [7, 11) is 3.46. The molecule has 0 atom stereocenters. The fourth-order valence-electron chi connectivity index (χ4n) is 4.82. The number of hydrogen-bond donors (Lipinski definition) is 1. The van der Waals surface area contributed by atoms with E-state index in [4.69, 9.17) is 9.47 Å². The van der Waals surface area contributed by atoms with Crippen LogP contribution in [0.4, 0.5) is 0 Å². The maximum atomic E-state index is 5.84. The molecule has 2 heterocycles. The molecule has 4 aromatic carbocycles. The Morgan fingerprint density at radius 3 is 2.26 bits per heavy atom. The van der Waals surface area contributed by atoms with Gasteiger partial charge in [-0.1, -0.05) is 36.4 Å². The van der Waals surface area contributed by atoms with Crippen LogP contribution >= 0.6 is 0 Å². The molecule has 0 amide bonds. The highest BCUT2D eigenvalue weighted by atomic mass is 16.5. The minimum atomic E-state index is 0.820. The van der Waals surface area contributed by atoms with Gasteiger partial charge in [0.1, 0.15) is 11.5 Å². The van der Waals surface area contributed by atoms with Gasteiger partial charge in [0, 0.05) is 33.1 Å². The van der Waals surface area contributed by atoms with Crippen LogP contribution < -0.4 is 9.47 Å². The molecule has 0 spiro atoms. The third kappa shape index (κ3) is 2.48. The van der Waals surface area contributed by atoms with Gasteiger partial charge in [-0.25, -0.2) is 0 Å². The Labute approximate surface area is 179 Å². The van der Waals surface area contributed by atoms with Crippen LogP contribution in [-0.2, 0) is 0 Å². The van der Waals surface area contributed by atoms with Crippen molar-refractivity contribution in [1.82, 2.24) is 9.55 Å². The second-order valence-corrected chi connectivity index (χ2v) is 7.96. The minimum absolute atomic E-state index is 0.820. The van der Waals surface area contributed by atoms with E-state index in [2.05, 4.69) is 83.2 Å². The molecule has 0 saturated heterocycles. The molecule has 31 heavy (non-hydrogen) atoms. The second-order valence-electron chi connectivity index (χ2n) is 7.96. The van der Waals surface area contributed by atoms with Crippen molar-refractivity contribution in [2.45, 2.75) is 6.92 Å². The first-order valence-electron chi connectivity index (χ1n) is 10.4. The third-order valence-electron chi connectivity index (χ3n) is 6.14. The number of benzene rings is 4. The van der Waals surface area contributed by atoms with Crippen LogP contribution in [0.3, 0.4) is 0 Å². The summed E-state index contributed by atoms with van der Waals surface area (Å²) in [5.74, 6) is 1.69. The molecule has 1 N–H and O–H groups in total. The summed E-state index contributed by atoms with van der Waals surface area (Å²) in [4.78, 5) is 3.52. The Morgan fingerprint density at radius 2 is 1.45 bits per heavy atom. The van der Waals surface area contributed by atoms with Gasteiger partial charge in [-0.3, -0.25) is 0 Å². The predicted octanol–water partition coefficient (Wildman–Crippen LogP) is 6.74. The molecule has 0 fully saturated rings. The number of aromatic nitrogens is 2. The van der Waals surface area contributed by atoms with Gasteiger partial charge in [0.15, 0.2) is 0 Å². The third-order valence-corrected chi connectivity index (χ3v) is 6.14. The maximum absolute atomic E-state index is 5.84. The molecule has 4 nitrogen and oxygen atoms in total. The lowest BCUT2D eigenvalue weighted by Crippen LogP contribution is -1.98. The van der Waals surface area contributed by atoms with Gasteiger partial charge in [-0.15, -0.1) is 0 Å². The Morgan fingerprint density at radius 1 is 0.710 bits per heavy atom. The van der Waals surface area contributed by atoms with Crippen molar-refractivity contribution in [2.75, 3.05) is 14.2 Å². The quantitative estimate of drug-likeness (QED) is 0.353. The average molecular weight is 406 g/mol. The van der Waals surface area contributed by atoms with Crippen molar-refractivity contribution in [3.05, 3.63) is 78.4 Å². The molecular formula is C27H22N2O2. The molecular weight excluding hydrogens is 384 g/mol. The lowest BCUT2D eigenvalue weighted by Gasteiger charge is -2.13. The van der Waals surface area contributed by atoms with E-state index in [1.807, 2.05) is 6.07 Å². The number of nitrogens with zero attached hydrogens (tertiary/aromatic N) is 1. The van der Waals surface area contributed by atoms with Gasteiger partial charge in [-0.2, -0.15) is 0 Å². The van der Waals surface area contributed by atoms with Crippen LogP contribution in [0.15, 0.2) is 72.8 Å². The van der Waals surface area contributed by atoms with Crippen LogP contribution in [0.25, 0.3) is 49.3 Å². The summed E-state index contributed by atoms with van der Waals surface area (Å²) in [6.07, 6.45) is 0. The summed E-state index contributed by atoms with van der Waals surface area (Å²) >= 11 is 0. The Kier molecular flexibility index (Phi) is 3.78. The van der Waals surface area contributed by atoms with Crippen molar-refractivity contribution in [3.63, 3.8) is 0 Å². The maximum Gasteiger partial charge on any atom is 0.145 e. The van der Waals surface area contributed by atoms with Crippen molar-refractivity contribution >= 4 is 43.6 Å². The molecule has 4 heteroatoms. The lowest BCUT2D eigenvalue weighted by molar-refractivity contribution is 0.417. The minimum Gasteiger partial charge on any atom is -0.495 e. The summed E-state index contributed by atoms with van der Waals surface area (Å²) in [6, 6.07) is 25.5. The molecule has 0 aliphatic rings. The molecule has 6 aromatic rings. The normalized spacial score (nSPS) is 11.7. The molecule has 0 aliphatic heterocycles. The van der Waals surface area contributed by atoms with Gasteiger partial charge in [0.05, 0.1) is 36.5 Å². The van der Waals surface area contributed by atoms with E-state index >= 15 is 0 Å². The van der Waals surface area contributed by atoms with Gasteiger partial charge in [0.25, 0.3) is 0 Å². The molecule has 152 valence electrons. The number of nitrogens with one attached hydrogen (secondary N) is 1. The Bertz CT molecular complexity index is 1620. The summed E-state index contributed by atoms with van der Waals surface area (Å²) < 4.78 is 13.9. The summed E-state index contributed by atoms with van der Waals surface area (Å²) in [5.41, 5.74) is 6.54. The number of fused-ring (bicyclic) bond motifs is 6. The topological polar surface area (TPSA) is 39.2 Å². The van der Waals surface area contributed by atoms with E-state index in [9.17, 15) is 0 Å². The first-order chi connectivity index (χ1) is 15.2. The number of para-hydroxylation sites is 2. The molecule has 2 aromatic heterocycles. The number of aryl methyl sites for hydroxylation is 1. The first kappa shape index (κ1) is 17.9. The van der Waals surface area contributed by atoms with E-state index in [0.29, 0.717) is 0 Å². The highest BCUT2D eigenvalue weighted by Crippen LogP contribution is 2.41. The smallest absolute Gasteiger partial charge is 0.145 e. The molecule has 0 radical (unpaired) electrons. The highest BCUT2D eigenvalue weighted by molar-refractivity contribution is 6.13. The van der Waals surface area contributed by atoms with E-state index in [1.165, 1.54) is 21.7 Å². The number of rotatable bonds is 3. The largest absolute Gasteiger partial charge is 0.495 e. The van der Waals surface area contributed by atoms with E-state index < -0.39 is 0 Å². The zero-order valence-electron chi connectivity index (χ0n) is 17.7. The van der Waals surface area contributed by atoms with Gasteiger partial charge in [-0.05, 0) is 42.8 Å². The predicted molar refractivity (Wildman–Crippen MR) is 128 cm³/mol. The van der Waals surface area contributed by atoms with Gasteiger partial charge < -0.3 is 19.0 Å². The molecule has 6 rings (SSSR count). The average Bonchev–Trinajstić information content (AvgIpc) is 3.34. The molecule has 0 bridgehead atoms. The number of methoxy groups -OCH3 is 2. The standard InChI is InChI=1S/C27H22N2O2/c1-16-12-21-19-9-5-7-11-23(19)29(27(21)25(13-16)31-3)17-14-20-18-8-4-6-10-22(18)28-26(20)24(15-17)30-2/h4-15,28H,1-3H3. The van der Waals surface area contributed by atoms with Crippen molar-refractivity contribution in [3.8, 4) is 17.2 Å². The van der Waals surface area contributed by atoms with Crippen LogP contribution in [0.1, 0.15) is 5.56 Å². The summed E-state index contributed by atoms with van der Waals surface area (Å²) in [6.45, 7) is 2.11. The van der Waals surface area contributed by atoms with Gasteiger partial charge in [0.2, 0.25) is 0 Å². The second kappa shape index (κ2) is 6.54. The number of ether oxygens (including phenoxy) is 2. The van der Waals surface area contributed by atoms with Crippen LogP contribution in [0.5, 0.6) is 11.5 Å². The number of H-pyrrole nitrogens is 1. The number of aromatic amines is 1. The zero-order valence-corrected chi connectivity index (χ0v) is 17.7.